The standard InChI is InChI=1S/C14H10F17NOS/c15-7(16,2-5-34-4-1-3-32-6-33)8(17,18)9(19,20)10(21,22)11(23,24)12(25,26)13(27,28)14(29,30)31/h1-5H2. The molecule has 0 aliphatic heterocycles. The van der Waals surface area contributed by atoms with Crippen molar-refractivity contribution >= 4 is 17.8 Å². The lowest BCUT2D eigenvalue weighted by atomic mass is 9.88. The highest BCUT2D eigenvalue weighted by Crippen LogP contribution is 2.64. The molecule has 202 valence electrons. The Hall–Kier alpha value is -1.46. The first-order valence-corrected chi connectivity index (χ1v) is 9.29. The van der Waals surface area contributed by atoms with E-state index in [0.717, 1.165) is 6.08 Å². The summed E-state index contributed by atoms with van der Waals surface area (Å²) < 4.78 is 222. The molecule has 0 radical (unpaired) electrons. The van der Waals surface area contributed by atoms with Crippen LogP contribution in [0.2, 0.25) is 0 Å². The lowest BCUT2D eigenvalue weighted by Gasteiger charge is -2.42. The first-order chi connectivity index (χ1) is 14.8. The maximum atomic E-state index is 13.6. The molecule has 0 aromatic heterocycles. The lowest BCUT2D eigenvalue weighted by molar-refractivity contribution is -0.461. The van der Waals surface area contributed by atoms with E-state index in [1.807, 2.05) is 0 Å². The molecule has 34 heavy (non-hydrogen) atoms. The number of isocyanates is 1. The van der Waals surface area contributed by atoms with Crippen LogP contribution >= 0.6 is 11.8 Å². The zero-order valence-electron chi connectivity index (χ0n) is 15.7. The van der Waals surface area contributed by atoms with Crippen molar-refractivity contribution in [2.75, 3.05) is 18.1 Å². The van der Waals surface area contributed by atoms with Crippen LogP contribution in [0.3, 0.4) is 0 Å². The van der Waals surface area contributed by atoms with E-state index in [-0.39, 0.29) is 30.5 Å². The number of hydrogen-bond donors (Lipinski definition) is 0. The molecule has 0 fully saturated rings. The van der Waals surface area contributed by atoms with Crippen LogP contribution in [0.25, 0.3) is 0 Å². The minimum Gasteiger partial charge on any atom is -0.211 e. The second kappa shape index (κ2) is 9.89. The van der Waals surface area contributed by atoms with Gasteiger partial charge in [0.25, 0.3) is 0 Å². The largest absolute Gasteiger partial charge is 0.460 e. The molecule has 0 spiro atoms. The molecule has 0 atom stereocenters. The highest BCUT2D eigenvalue weighted by Gasteiger charge is 2.95. The third-order valence-corrected chi connectivity index (χ3v) is 5.04. The lowest BCUT2D eigenvalue weighted by Crippen LogP contribution is -2.74. The zero-order chi connectivity index (χ0) is 27.7. The summed E-state index contributed by atoms with van der Waals surface area (Å²) in [6.07, 6.45) is -9.30. The Morgan fingerprint density at radius 2 is 0.941 bits per heavy atom. The van der Waals surface area contributed by atoms with Gasteiger partial charge in [-0.15, -0.1) is 0 Å². The minimum absolute atomic E-state index is 0.0924. The number of aliphatic imine (C=N–C) groups is 1. The summed E-state index contributed by atoms with van der Waals surface area (Å²) >= 11 is 0.253. The van der Waals surface area contributed by atoms with Gasteiger partial charge in [0.15, 0.2) is 0 Å². The van der Waals surface area contributed by atoms with Crippen molar-refractivity contribution in [1.82, 2.24) is 0 Å². The molecule has 0 heterocycles. The van der Waals surface area contributed by atoms with Crippen LogP contribution in [0, 0.1) is 0 Å². The van der Waals surface area contributed by atoms with Crippen LogP contribution in [0.1, 0.15) is 12.8 Å². The summed E-state index contributed by atoms with van der Waals surface area (Å²) in [6, 6.07) is 0. The molecule has 0 aromatic carbocycles. The molecular formula is C14H10F17NOS. The Morgan fingerprint density at radius 3 is 1.32 bits per heavy atom. The van der Waals surface area contributed by atoms with E-state index < -0.39 is 59.8 Å². The van der Waals surface area contributed by atoms with Gasteiger partial charge in [0.1, 0.15) is 0 Å². The average molecular weight is 563 g/mol. The van der Waals surface area contributed by atoms with E-state index >= 15 is 0 Å². The predicted molar refractivity (Wildman–Crippen MR) is 80.2 cm³/mol. The fraction of sp³-hybridized carbons (Fsp3) is 0.929. The Bertz CT molecular complexity index is 741. The number of carbonyl (C=O) groups excluding carboxylic acids is 1. The molecule has 2 nitrogen and oxygen atoms in total. The van der Waals surface area contributed by atoms with E-state index in [1.165, 1.54) is 0 Å². The topological polar surface area (TPSA) is 29.4 Å². The highest BCUT2D eigenvalue weighted by molar-refractivity contribution is 7.99. The van der Waals surface area contributed by atoms with Gasteiger partial charge in [0.05, 0.1) is 6.54 Å². The summed E-state index contributed by atoms with van der Waals surface area (Å²) in [4.78, 5) is 12.7. The summed E-state index contributed by atoms with van der Waals surface area (Å²) in [7, 11) is 0. The number of nitrogens with zero attached hydrogens (tertiary/aromatic N) is 1. The van der Waals surface area contributed by atoms with Crippen molar-refractivity contribution in [2.24, 2.45) is 4.99 Å². The molecule has 0 aromatic rings. The van der Waals surface area contributed by atoms with Crippen LogP contribution in [0.4, 0.5) is 74.6 Å². The Labute approximate surface area is 181 Å². The quantitative estimate of drug-likeness (QED) is 0.106. The van der Waals surface area contributed by atoms with Crippen molar-refractivity contribution < 1.29 is 79.4 Å². The molecule has 0 bridgehead atoms. The Kier molecular flexibility index (Phi) is 9.46. The van der Waals surface area contributed by atoms with Crippen molar-refractivity contribution in [1.29, 1.82) is 0 Å². The zero-order valence-corrected chi connectivity index (χ0v) is 16.5. The highest BCUT2D eigenvalue weighted by atomic mass is 32.2. The maximum Gasteiger partial charge on any atom is 0.460 e. The second-order valence-electron chi connectivity index (χ2n) is 6.34. The van der Waals surface area contributed by atoms with E-state index in [1.54, 1.807) is 0 Å². The smallest absolute Gasteiger partial charge is 0.211 e. The molecule has 0 rings (SSSR count). The minimum atomic E-state index is -8.62. The maximum absolute atomic E-state index is 13.6. The van der Waals surface area contributed by atoms with Gasteiger partial charge < -0.3 is 0 Å². The van der Waals surface area contributed by atoms with Crippen LogP contribution in [-0.2, 0) is 4.79 Å². The van der Waals surface area contributed by atoms with Crippen molar-refractivity contribution in [3.8, 4) is 0 Å². The average Bonchev–Trinajstić information content (AvgIpc) is 2.65. The van der Waals surface area contributed by atoms with E-state index in [2.05, 4.69) is 4.99 Å². The van der Waals surface area contributed by atoms with Crippen LogP contribution < -0.4 is 0 Å². The molecule has 0 aliphatic rings. The van der Waals surface area contributed by atoms with Gasteiger partial charge in [0, 0.05) is 6.42 Å². The Balaban J connectivity index is 6.04. The van der Waals surface area contributed by atoms with Gasteiger partial charge in [-0.05, 0) is 17.9 Å². The first-order valence-electron chi connectivity index (χ1n) is 8.14. The van der Waals surface area contributed by atoms with Gasteiger partial charge in [0.2, 0.25) is 6.08 Å². The van der Waals surface area contributed by atoms with Crippen LogP contribution in [-0.4, -0.2) is 71.8 Å². The molecule has 0 unspecified atom stereocenters. The van der Waals surface area contributed by atoms with Crippen molar-refractivity contribution in [2.45, 2.75) is 60.5 Å². The van der Waals surface area contributed by atoms with E-state index in [9.17, 15) is 79.4 Å². The van der Waals surface area contributed by atoms with Gasteiger partial charge in [-0.1, -0.05) is 0 Å². The first kappa shape index (κ1) is 32.5. The summed E-state index contributed by atoms with van der Waals surface area (Å²) in [5.41, 5.74) is 0. The molecule has 0 aliphatic carbocycles. The van der Waals surface area contributed by atoms with E-state index in [4.69, 9.17) is 0 Å². The number of halogens is 17. The van der Waals surface area contributed by atoms with E-state index in [0.29, 0.717) is 0 Å². The SMILES string of the molecule is O=C=NCCCSCCC(F)(F)C(F)(F)C(F)(F)C(F)(F)C(F)(F)C(F)(F)C(F)(F)C(F)(F)F. The number of rotatable bonds is 13. The van der Waals surface area contributed by atoms with Crippen LogP contribution in [0.5, 0.6) is 0 Å². The normalized spacial score (nSPS) is 15.3. The summed E-state index contributed by atoms with van der Waals surface area (Å²) in [5, 5.41) is 0. The molecule has 0 N–H and O–H groups in total. The Morgan fingerprint density at radius 1 is 0.559 bits per heavy atom. The van der Waals surface area contributed by atoms with Crippen molar-refractivity contribution in [3.63, 3.8) is 0 Å². The number of thioether (sulfide) groups is 1. The predicted octanol–water partition coefficient (Wildman–Crippen LogP) is 6.85. The number of hydrogen-bond acceptors (Lipinski definition) is 3. The molecular weight excluding hydrogens is 553 g/mol. The molecule has 20 heteroatoms. The second-order valence-corrected chi connectivity index (χ2v) is 7.56. The van der Waals surface area contributed by atoms with Crippen molar-refractivity contribution in [3.05, 3.63) is 0 Å². The third-order valence-electron chi connectivity index (χ3n) is 3.97. The molecule has 0 saturated heterocycles. The van der Waals surface area contributed by atoms with Gasteiger partial charge in [-0.2, -0.15) is 86.4 Å². The van der Waals surface area contributed by atoms with Gasteiger partial charge in [-0.25, -0.2) is 9.79 Å². The molecule has 0 saturated carbocycles. The fourth-order valence-corrected chi connectivity index (χ4v) is 2.89. The monoisotopic (exact) mass is 563 g/mol. The van der Waals surface area contributed by atoms with Gasteiger partial charge >= 0.3 is 47.6 Å². The van der Waals surface area contributed by atoms with Crippen LogP contribution in [0.15, 0.2) is 4.99 Å². The molecule has 0 amide bonds. The van der Waals surface area contributed by atoms with Gasteiger partial charge in [-0.3, -0.25) is 0 Å². The summed E-state index contributed by atoms with van der Waals surface area (Å²) in [5.74, 6) is -57.6. The summed E-state index contributed by atoms with van der Waals surface area (Å²) in [6.45, 7) is -0.251. The fourth-order valence-electron chi connectivity index (χ4n) is 1.95. The third kappa shape index (κ3) is 5.21. The number of alkyl halides is 17.